The van der Waals surface area contributed by atoms with Crippen molar-refractivity contribution in [3.63, 3.8) is 0 Å². The molecule has 0 amide bonds. The second-order valence-corrected chi connectivity index (χ2v) is 13.2. The summed E-state index contributed by atoms with van der Waals surface area (Å²) < 4.78 is 91.5. The Morgan fingerprint density at radius 2 is 0.941 bits per heavy atom. The van der Waals surface area contributed by atoms with Crippen LogP contribution in [0.1, 0.15) is 13.7 Å². The van der Waals surface area contributed by atoms with Gasteiger partial charge in [0.05, 0.1) is 13.7 Å². The Hall–Kier alpha value is -6.42. The predicted octanol–water partition coefficient (Wildman–Crippen LogP) is 14.4. The third-order valence-electron chi connectivity index (χ3n) is 9.27. The molecule has 8 aromatic carbocycles. The summed E-state index contributed by atoms with van der Waals surface area (Å²) in [5.74, 6) is 0. The second-order valence-electron chi connectivity index (χ2n) is 12.2. The van der Waals surface area contributed by atoms with Crippen molar-refractivity contribution >= 4 is 70.5 Å². The summed E-state index contributed by atoms with van der Waals surface area (Å²) in [6.45, 7) is 0. The molecular weight excluding hydrogens is 639 g/mol. The average molecular weight is 680 g/mol. The van der Waals surface area contributed by atoms with Crippen LogP contribution in [0.25, 0.3) is 75.5 Å². The minimum atomic E-state index is -0.454. The summed E-state index contributed by atoms with van der Waals surface area (Å²) in [6, 6.07) is 37.4. The van der Waals surface area contributed by atoms with E-state index in [0.29, 0.717) is 22.5 Å². The molecule has 0 saturated heterocycles. The fourth-order valence-corrected chi connectivity index (χ4v) is 8.26. The molecule has 0 N–H and O–H groups in total. The van der Waals surface area contributed by atoms with Gasteiger partial charge in [0.2, 0.25) is 0 Å². The summed E-state index contributed by atoms with van der Waals surface area (Å²) in [4.78, 5) is 2.00. The third-order valence-corrected chi connectivity index (χ3v) is 10.5. The van der Waals surface area contributed by atoms with Gasteiger partial charge in [-0.1, -0.05) is 133 Å². The molecule has 10 aromatic rings. The standard InChI is InChI=1S/C48H31NOS/c1-3-10-32(11-4-1)34-18-24-37(25-19-34)49(38-26-20-35(21-27-38)33-12-5-2-6-13-33)39-28-22-36(23-29-39)40-15-9-16-41-42-30-31-45-46(48(42)51-47(40)41)43-14-7-8-17-44(43)50-45/h1-31H/i1D,2D,3D,4D,5D,6D,10D,11D,12D,13D. The number of rotatable bonds is 6. The van der Waals surface area contributed by atoms with Gasteiger partial charge in [-0.15, -0.1) is 11.3 Å². The van der Waals surface area contributed by atoms with Gasteiger partial charge < -0.3 is 9.32 Å². The Labute approximate surface area is 314 Å². The summed E-state index contributed by atoms with van der Waals surface area (Å²) in [5, 5.41) is 4.53. The smallest absolute Gasteiger partial charge is 0.136 e. The number of hydrogen-bond donors (Lipinski definition) is 0. The van der Waals surface area contributed by atoms with Crippen LogP contribution in [-0.4, -0.2) is 0 Å². The van der Waals surface area contributed by atoms with Crippen LogP contribution in [-0.2, 0) is 0 Å². The maximum atomic E-state index is 8.53. The molecule has 2 heterocycles. The molecular formula is C48H31NOS. The van der Waals surface area contributed by atoms with E-state index in [4.69, 9.17) is 18.1 Å². The first kappa shape index (κ1) is 20.9. The summed E-state index contributed by atoms with van der Waals surface area (Å²) in [6.07, 6.45) is 0. The second kappa shape index (κ2) is 12.2. The Morgan fingerprint density at radius 3 is 1.55 bits per heavy atom. The molecule has 0 aliphatic carbocycles. The molecule has 2 nitrogen and oxygen atoms in total. The van der Waals surface area contributed by atoms with Gasteiger partial charge in [-0.05, 0) is 88.0 Å². The Kier molecular flexibility index (Phi) is 5.00. The van der Waals surface area contributed by atoms with Crippen LogP contribution in [0.4, 0.5) is 17.1 Å². The van der Waals surface area contributed by atoms with E-state index in [-0.39, 0.29) is 35.3 Å². The van der Waals surface area contributed by atoms with Crippen LogP contribution in [0.2, 0.25) is 0 Å². The number of furan rings is 1. The number of anilines is 3. The summed E-state index contributed by atoms with van der Waals surface area (Å²) in [7, 11) is 0. The minimum Gasteiger partial charge on any atom is -0.456 e. The third kappa shape index (κ3) is 5.10. The van der Waals surface area contributed by atoms with Crippen LogP contribution in [0, 0.1) is 0 Å². The highest BCUT2D eigenvalue weighted by molar-refractivity contribution is 7.27. The number of hydrogen-bond acceptors (Lipinski definition) is 3. The van der Waals surface area contributed by atoms with Crippen molar-refractivity contribution in [1.82, 2.24) is 0 Å². The Bertz CT molecular complexity index is 3240. The number of fused-ring (bicyclic) bond motifs is 7. The van der Waals surface area contributed by atoms with E-state index < -0.39 is 36.3 Å². The van der Waals surface area contributed by atoms with Crippen LogP contribution < -0.4 is 4.90 Å². The van der Waals surface area contributed by atoms with Crippen molar-refractivity contribution in [2.75, 3.05) is 4.90 Å². The molecule has 0 aliphatic heterocycles. The van der Waals surface area contributed by atoms with Crippen LogP contribution >= 0.6 is 11.3 Å². The van der Waals surface area contributed by atoms with Gasteiger partial charge in [0.1, 0.15) is 11.2 Å². The highest BCUT2D eigenvalue weighted by Crippen LogP contribution is 2.46. The number of benzene rings is 8. The lowest BCUT2D eigenvalue weighted by Crippen LogP contribution is -2.09. The summed E-state index contributed by atoms with van der Waals surface area (Å²) in [5.41, 5.74) is 7.17. The number of para-hydroxylation sites is 1. The number of nitrogens with zero attached hydrogens (tertiary/aromatic N) is 1. The molecule has 10 rings (SSSR count). The highest BCUT2D eigenvalue weighted by Gasteiger charge is 2.18. The van der Waals surface area contributed by atoms with E-state index >= 15 is 0 Å². The van der Waals surface area contributed by atoms with Crippen LogP contribution in [0.15, 0.2) is 192 Å². The maximum absolute atomic E-state index is 8.53. The fraction of sp³-hybridized carbons (Fsp3) is 0. The topological polar surface area (TPSA) is 16.4 Å². The first-order valence-electron chi connectivity index (χ1n) is 21.4. The van der Waals surface area contributed by atoms with E-state index in [0.717, 1.165) is 48.8 Å². The molecule has 0 fully saturated rings. The lowest BCUT2D eigenvalue weighted by molar-refractivity contribution is 0.669. The monoisotopic (exact) mass is 679 g/mol. The van der Waals surface area contributed by atoms with E-state index in [9.17, 15) is 0 Å². The first-order valence-corrected chi connectivity index (χ1v) is 17.2. The van der Waals surface area contributed by atoms with E-state index in [1.807, 2.05) is 65.6 Å². The molecule has 51 heavy (non-hydrogen) atoms. The first-order chi connectivity index (χ1) is 29.4. The Balaban J connectivity index is 1.08. The van der Waals surface area contributed by atoms with Crippen LogP contribution in [0.5, 0.6) is 0 Å². The predicted molar refractivity (Wildman–Crippen MR) is 218 cm³/mol. The lowest BCUT2D eigenvalue weighted by Gasteiger charge is -2.26. The maximum Gasteiger partial charge on any atom is 0.136 e. The molecule has 0 bridgehead atoms. The van der Waals surface area contributed by atoms with Crippen molar-refractivity contribution in [3.05, 3.63) is 188 Å². The van der Waals surface area contributed by atoms with Gasteiger partial charge in [0, 0.05) is 48.0 Å². The molecule has 3 heteroatoms. The van der Waals surface area contributed by atoms with Crippen molar-refractivity contribution < 1.29 is 18.1 Å². The van der Waals surface area contributed by atoms with Gasteiger partial charge in [-0.2, -0.15) is 0 Å². The molecule has 2 aromatic heterocycles. The van der Waals surface area contributed by atoms with E-state index in [1.165, 1.54) is 10.1 Å². The Morgan fingerprint density at radius 1 is 0.412 bits per heavy atom. The van der Waals surface area contributed by atoms with Crippen molar-refractivity contribution in [3.8, 4) is 33.4 Å². The van der Waals surface area contributed by atoms with Gasteiger partial charge in [0.25, 0.3) is 0 Å². The molecule has 0 saturated carbocycles. The molecule has 0 atom stereocenters. The van der Waals surface area contributed by atoms with Gasteiger partial charge in [0.15, 0.2) is 0 Å². The average Bonchev–Trinajstić information content (AvgIpc) is 3.86. The van der Waals surface area contributed by atoms with E-state index in [1.54, 1.807) is 35.6 Å². The quantitative estimate of drug-likeness (QED) is 0.174. The highest BCUT2D eigenvalue weighted by atomic mass is 32.1. The molecule has 0 radical (unpaired) electrons. The van der Waals surface area contributed by atoms with Crippen molar-refractivity contribution in [2.45, 2.75) is 0 Å². The minimum absolute atomic E-state index is 0.105. The zero-order valence-corrected chi connectivity index (χ0v) is 27.7. The van der Waals surface area contributed by atoms with Gasteiger partial charge >= 0.3 is 0 Å². The van der Waals surface area contributed by atoms with Crippen molar-refractivity contribution in [2.24, 2.45) is 0 Å². The molecule has 240 valence electrons. The lowest BCUT2D eigenvalue weighted by atomic mass is 10.0. The number of thiophene rings is 1. The van der Waals surface area contributed by atoms with Gasteiger partial charge in [-0.25, -0.2) is 0 Å². The SMILES string of the molecule is [2H]c1c([2H])c([2H])c(-c2ccc(N(c3ccc(-c4c([2H])c([2H])c([2H])c([2H])c4[2H])cc3)c3ccc(-c4cccc5c4sc4c5ccc5oc6ccccc6c54)cc3)cc2)c([2H])c1[2H]. The zero-order chi connectivity index (χ0) is 42.4. The van der Waals surface area contributed by atoms with E-state index in [2.05, 4.69) is 42.5 Å². The molecule has 0 unspecified atom stereocenters. The molecule has 0 aliphatic rings. The van der Waals surface area contributed by atoms with Crippen LogP contribution in [0.3, 0.4) is 0 Å². The zero-order valence-electron chi connectivity index (χ0n) is 36.9. The van der Waals surface area contributed by atoms with Crippen molar-refractivity contribution in [1.29, 1.82) is 0 Å². The normalized spacial score (nSPS) is 14.3. The fourth-order valence-electron chi connectivity index (χ4n) is 6.87. The molecule has 0 spiro atoms. The van der Waals surface area contributed by atoms with Gasteiger partial charge in [-0.3, -0.25) is 0 Å². The summed E-state index contributed by atoms with van der Waals surface area (Å²) >= 11 is 1.75. The largest absolute Gasteiger partial charge is 0.456 e.